The summed E-state index contributed by atoms with van der Waals surface area (Å²) in [6.07, 6.45) is -0.531. The zero-order chi connectivity index (χ0) is 12.4. The van der Waals surface area contributed by atoms with Gasteiger partial charge in [0.25, 0.3) is 0 Å². The van der Waals surface area contributed by atoms with Crippen LogP contribution in [0.3, 0.4) is 0 Å². The molecule has 0 unspecified atom stereocenters. The van der Waals surface area contributed by atoms with Crippen LogP contribution in [-0.4, -0.2) is 5.11 Å². The maximum absolute atomic E-state index is 10.4. The average molecular weight is 226 g/mol. The smallest absolute Gasteiger partial charge is 0.105 e. The Hall–Kier alpha value is -1.60. The molecular weight excluding hydrogens is 208 g/mol. The molecule has 2 aromatic carbocycles. The highest BCUT2D eigenvalue weighted by molar-refractivity contribution is 5.42. The zero-order valence-electron chi connectivity index (χ0n) is 10.6. The van der Waals surface area contributed by atoms with Crippen molar-refractivity contribution in [1.29, 1.82) is 0 Å². The molecule has 0 fully saturated rings. The lowest BCUT2D eigenvalue weighted by Gasteiger charge is -2.17. The Morgan fingerprint density at radius 3 is 1.94 bits per heavy atom. The fraction of sp³-hybridized carbons (Fsp3) is 0.250. The van der Waals surface area contributed by atoms with Gasteiger partial charge in [-0.2, -0.15) is 0 Å². The number of aliphatic hydroxyl groups is 1. The van der Waals surface area contributed by atoms with Gasteiger partial charge in [0.1, 0.15) is 6.10 Å². The number of hydrogen-bond acceptors (Lipinski definition) is 1. The number of benzene rings is 2. The van der Waals surface area contributed by atoms with Crippen LogP contribution in [0.1, 0.15) is 33.9 Å². The molecule has 0 aliphatic rings. The topological polar surface area (TPSA) is 20.2 Å². The minimum Gasteiger partial charge on any atom is -0.384 e. The highest BCUT2D eigenvalue weighted by Crippen LogP contribution is 2.28. The first-order valence-electron chi connectivity index (χ1n) is 5.90. The van der Waals surface area contributed by atoms with Crippen LogP contribution < -0.4 is 0 Å². The van der Waals surface area contributed by atoms with Crippen molar-refractivity contribution in [2.75, 3.05) is 0 Å². The quantitative estimate of drug-likeness (QED) is 0.828. The van der Waals surface area contributed by atoms with Gasteiger partial charge in [-0.1, -0.05) is 48.0 Å². The molecule has 1 heteroatoms. The van der Waals surface area contributed by atoms with Crippen molar-refractivity contribution in [2.24, 2.45) is 0 Å². The van der Waals surface area contributed by atoms with E-state index in [1.54, 1.807) is 0 Å². The second-order valence-corrected chi connectivity index (χ2v) is 4.63. The van der Waals surface area contributed by atoms with E-state index in [9.17, 15) is 5.11 Å². The number of hydrogen-bond donors (Lipinski definition) is 1. The molecule has 0 heterocycles. The van der Waals surface area contributed by atoms with Crippen molar-refractivity contribution < 1.29 is 5.11 Å². The zero-order valence-corrected chi connectivity index (χ0v) is 10.6. The maximum atomic E-state index is 10.4. The van der Waals surface area contributed by atoms with E-state index in [4.69, 9.17) is 0 Å². The van der Waals surface area contributed by atoms with Crippen molar-refractivity contribution in [2.45, 2.75) is 26.9 Å². The average Bonchev–Trinajstić information content (AvgIpc) is 2.28. The SMILES string of the molecule is Cc1cc(C)c([C@@H](O)c2ccccc2)c(C)c1. The van der Waals surface area contributed by atoms with Crippen LogP contribution in [0.25, 0.3) is 0 Å². The van der Waals surface area contributed by atoms with Gasteiger partial charge in [0.2, 0.25) is 0 Å². The summed E-state index contributed by atoms with van der Waals surface area (Å²) in [6, 6.07) is 14.0. The van der Waals surface area contributed by atoms with Gasteiger partial charge >= 0.3 is 0 Å². The summed E-state index contributed by atoms with van der Waals surface area (Å²) in [5.41, 5.74) is 5.52. The fourth-order valence-electron chi connectivity index (χ4n) is 2.42. The Morgan fingerprint density at radius 2 is 1.41 bits per heavy atom. The summed E-state index contributed by atoms with van der Waals surface area (Å²) in [5, 5.41) is 10.4. The Kier molecular flexibility index (Phi) is 3.30. The molecule has 0 aromatic heterocycles. The van der Waals surface area contributed by atoms with Crippen LogP contribution in [0.15, 0.2) is 42.5 Å². The van der Waals surface area contributed by atoms with E-state index in [0.717, 1.165) is 22.3 Å². The van der Waals surface area contributed by atoms with Crippen LogP contribution >= 0.6 is 0 Å². The summed E-state index contributed by atoms with van der Waals surface area (Å²) in [6.45, 7) is 6.20. The van der Waals surface area contributed by atoms with Gasteiger partial charge < -0.3 is 5.11 Å². The molecule has 1 nitrogen and oxygen atoms in total. The van der Waals surface area contributed by atoms with Crippen molar-refractivity contribution in [3.8, 4) is 0 Å². The third-order valence-electron chi connectivity index (χ3n) is 3.13. The number of rotatable bonds is 2. The van der Waals surface area contributed by atoms with E-state index in [-0.39, 0.29) is 0 Å². The standard InChI is InChI=1S/C16H18O/c1-11-9-12(2)15(13(3)10-11)16(17)14-7-5-4-6-8-14/h4-10,16-17H,1-3H3/t16-/m0/s1. The largest absolute Gasteiger partial charge is 0.384 e. The highest BCUT2D eigenvalue weighted by Gasteiger charge is 2.15. The molecule has 0 bridgehead atoms. The molecule has 0 aliphatic heterocycles. The highest BCUT2D eigenvalue weighted by atomic mass is 16.3. The van der Waals surface area contributed by atoms with E-state index in [2.05, 4.69) is 32.9 Å². The first kappa shape index (κ1) is 11.9. The Bertz CT molecular complexity index is 491. The summed E-state index contributed by atoms with van der Waals surface area (Å²) in [4.78, 5) is 0. The molecule has 17 heavy (non-hydrogen) atoms. The lowest BCUT2D eigenvalue weighted by molar-refractivity contribution is 0.219. The summed E-state index contributed by atoms with van der Waals surface area (Å²) >= 11 is 0. The fourth-order valence-corrected chi connectivity index (χ4v) is 2.42. The third kappa shape index (κ3) is 2.40. The van der Waals surface area contributed by atoms with E-state index < -0.39 is 6.10 Å². The van der Waals surface area contributed by atoms with Gasteiger partial charge in [-0.25, -0.2) is 0 Å². The molecule has 1 atom stereocenters. The second-order valence-electron chi connectivity index (χ2n) is 4.63. The Morgan fingerprint density at radius 1 is 0.882 bits per heavy atom. The third-order valence-corrected chi connectivity index (χ3v) is 3.13. The van der Waals surface area contributed by atoms with Gasteiger partial charge in [0.05, 0.1) is 0 Å². The predicted molar refractivity (Wildman–Crippen MR) is 71.2 cm³/mol. The molecule has 0 aliphatic carbocycles. The Balaban J connectivity index is 2.48. The van der Waals surface area contributed by atoms with E-state index in [1.165, 1.54) is 5.56 Å². The van der Waals surface area contributed by atoms with Gasteiger partial charge in [0.15, 0.2) is 0 Å². The normalized spacial score (nSPS) is 12.5. The summed E-state index contributed by atoms with van der Waals surface area (Å²) < 4.78 is 0. The van der Waals surface area contributed by atoms with Gasteiger partial charge in [-0.15, -0.1) is 0 Å². The van der Waals surface area contributed by atoms with Crippen LogP contribution in [0.5, 0.6) is 0 Å². The monoisotopic (exact) mass is 226 g/mol. The molecule has 0 spiro atoms. The minimum absolute atomic E-state index is 0.531. The summed E-state index contributed by atoms with van der Waals surface area (Å²) in [5.74, 6) is 0. The first-order chi connectivity index (χ1) is 8.09. The predicted octanol–water partition coefficient (Wildman–Crippen LogP) is 3.69. The van der Waals surface area contributed by atoms with Crippen LogP contribution in [0, 0.1) is 20.8 Å². The molecule has 88 valence electrons. The molecule has 2 rings (SSSR count). The summed E-state index contributed by atoms with van der Waals surface area (Å²) in [7, 11) is 0. The van der Waals surface area contributed by atoms with Gasteiger partial charge in [-0.05, 0) is 43.0 Å². The maximum Gasteiger partial charge on any atom is 0.105 e. The van der Waals surface area contributed by atoms with E-state index in [1.807, 2.05) is 30.3 Å². The minimum atomic E-state index is -0.531. The van der Waals surface area contributed by atoms with Gasteiger partial charge in [0, 0.05) is 0 Å². The van der Waals surface area contributed by atoms with Crippen molar-refractivity contribution >= 4 is 0 Å². The van der Waals surface area contributed by atoms with Crippen LogP contribution in [-0.2, 0) is 0 Å². The number of aryl methyl sites for hydroxylation is 3. The molecule has 0 saturated heterocycles. The van der Waals surface area contributed by atoms with E-state index in [0.29, 0.717) is 0 Å². The Labute approximate surface area is 103 Å². The molecular formula is C16H18O. The lowest BCUT2D eigenvalue weighted by atomic mass is 9.92. The van der Waals surface area contributed by atoms with Gasteiger partial charge in [-0.3, -0.25) is 0 Å². The van der Waals surface area contributed by atoms with Crippen molar-refractivity contribution in [3.05, 3.63) is 70.3 Å². The number of aliphatic hydroxyl groups excluding tert-OH is 1. The van der Waals surface area contributed by atoms with E-state index >= 15 is 0 Å². The lowest BCUT2D eigenvalue weighted by Crippen LogP contribution is -2.04. The van der Waals surface area contributed by atoms with Crippen molar-refractivity contribution in [3.63, 3.8) is 0 Å². The van der Waals surface area contributed by atoms with Crippen molar-refractivity contribution in [1.82, 2.24) is 0 Å². The van der Waals surface area contributed by atoms with Crippen LogP contribution in [0.4, 0.5) is 0 Å². The molecule has 0 amide bonds. The second kappa shape index (κ2) is 4.72. The molecule has 2 aromatic rings. The van der Waals surface area contributed by atoms with Crippen LogP contribution in [0.2, 0.25) is 0 Å². The molecule has 0 radical (unpaired) electrons. The molecule has 1 N–H and O–H groups in total. The first-order valence-corrected chi connectivity index (χ1v) is 5.90. The molecule has 0 saturated carbocycles.